The Bertz CT molecular complexity index is 433. The van der Waals surface area contributed by atoms with Gasteiger partial charge >= 0.3 is 0 Å². The van der Waals surface area contributed by atoms with Crippen LogP contribution in [0.2, 0.25) is 0 Å². The molecule has 2 N–H and O–H groups in total. The number of hydrogen-bond acceptors (Lipinski definition) is 3. The van der Waals surface area contributed by atoms with Crippen LogP contribution in [0.3, 0.4) is 0 Å². The van der Waals surface area contributed by atoms with Crippen LogP contribution in [0.25, 0.3) is 0 Å². The van der Waals surface area contributed by atoms with Crippen LogP contribution in [-0.4, -0.2) is 18.5 Å². The lowest BCUT2D eigenvalue weighted by molar-refractivity contribution is -0.121. The van der Waals surface area contributed by atoms with Crippen LogP contribution < -0.4 is 10.6 Å². The van der Waals surface area contributed by atoms with Crippen LogP contribution in [0.4, 0.5) is 0 Å². The number of rotatable bonds is 5. The number of hydrogen-bond donors (Lipinski definition) is 2. The SMILES string of the molecule is Cc1cc(C(C)NCC(=O)NC2CCCC2)c(C)o1. The molecule has 1 saturated carbocycles. The van der Waals surface area contributed by atoms with Gasteiger partial charge in [0.05, 0.1) is 6.54 Å². The van der Waals surface area contributed by atoms with Gasteiger partial charge in [-0.25, -0.2) is 0 Å². The van der Waals surface area contributed by atoms with E-state index in [1.165, 1.54) is 12.8 Å². The minimum Gasteiger partial charge on any atom is -0.466 e. The molecule has 0 spiro atoms. The maximum absolute atomic E-state index is 11.8. The van der Waals surface area contributed by atoms with Crippen molar-refractivity contribution in [1.82, 2.24) is 10.6 Å². The Kier molecular flexibility index (Phi) is 4.64. The largest absolute Gasteiger partial charge is 0.466 e. The molecule has 1 aromatic heterocycles. The summed E-state index contributed by atoms with van der Waals surface area (Å²) in [7, 11) is 0. The molecule has 4 heteroatoms. The van der Waals surface area contributed by atoms with Crippen molar-refractivity contribution < 1.29 is 9.21 Å². The minimum absolute atomic E-state index is 0.0941. The Morgan fingerprint density at radius 2 is 2.11 bits per heavy atom. The minimum atomic E-state index is 0.0941. The number of nitrogens with one attached hydrogen (secondary N) is 2. The summed E-state index contributed by atoms with van der Waals surface area (Å²) in [6.07, 6.45) is 4.73. The van der Waals surface area contributed by atoms with E-state index in [0.717, 1.165) is 29.9 Å². The summed E-state index contributed by atoms with van der Waals surface area (Å²) in [6, 6.07) is 2.55. The lowest BCUT2D eigenvalue weighted by Crippen LogP contribution is -2.39. The fourth-order valence-electron chi connectivity index (χ4n) is 2.78. The number of furan rings is 1. The van der Waals surface area contributed by atoms with E-state index in [4.69, 9.17) is 4.42 Å². The van der Waals surface area contributed by atoms with E-state index in [0.29, 0.717) is 12.6 Å². The van der Waals surface area contributed by atoms with Crippen LogP contribution in [0.1, 0.15) is 55.7 Å². The van der Waals surface area contributed by atoms with Gasteiger partial charge in [-0.05, 0) is 39.7 Å². The Morgan fingerprint density at radius 3 is 2.68 bits per heavy atom. The monoisotopic (exact) mass is 264 g/mol. The summed E-state index contributed by atoms with van der Waals surface area (Å²) in [5, 5.41) is 6.34. The second-order valence-electron chi connectivity index (χ2n) is 5.52. The Morgan fingerprint density at radius 1 is 1.42 bits per heavy atom. The molecule has 0 radical (unpaired) electrons. The van der Waals surface area contributed by atoms with Gasteiger partial charge in [-0.1, -0.05) is 12.8 Å². The molecule has 1 aliphatic carbocycles. The number of amides is 1. The first-order chi connectivity index (χ1) is 9.06. The summed E-state index contributed by atoms with van der Waals surface area (Å²) in [5.74, 6) is 1.93. The van der Waals surface area contributed by atoms with Crippen molar-refractivity contribution >= 4 is 5.91 Å². The number of carbonyl (C=O) groups is 1. The first-order valence-electron chi connectivity index (χ1n) is 7.16. The van der Waals surface area contributed by atoms with Gasteiger partial charge in [-0.15, -0.1) is 0 Å². The van der Waals surface area contributed by atoms with Crippen molar-refractivity contribution in [3.05, 3.63) is 23.2 Å². The molecular weight excluding hydrogens is 240 g/mol. The van der Waals surface area contributed by atoms with Crippen molar-refractivity contribution in [3.63, 3.8) is 0 Å². The zero-order chi connectivity index (χ0) is 13.8. The van der Waals surface area contributed by atoms with Gasteiger partial charge in [-0.2, -0.15) is 0 Å². The van der Waals surface area contributed by atoms with Gasteiger partial charge in [0.15, 0.2) is 0 Å². The highest BCUT2D eigenvalue weighted by molar-refractivity contribution is 5.78. The molecule has 1 unspecified atom stereocenters. The molecule has 0 bridgehead atoms. The van der Waals surface area contributed by atoms with Crippen LogP contribution in [0, 0.1) is 13.8 Å². The smallest absolute Gasteiger partial charge is 0.234 e. The fourth-order valence-corrected chi connectivity index (χ4v) is 2.78. The maximum Gasteiger partial charge on any atom is 0.234 e. The number of carbonyl (C=O) groups excluding carboxylic acids is 1. The van der Waals surface area contributed by atoms with E-state index in [-0.39, 0.29) is 11.9 Å². The molecule has 0 aromatic carbocycles. The van der Waals surface area contributed by atoms with Crippen molar-refractivity contribution in [1.29, 1.82) is 0 Å². The Balaban J connectivity index is 1.78. The summed E-state index contributed by atoms with van der Waals surface area (Å²) in [5.41, 5.74) is 1.13. The fraction of sp³-hybridized carbons (Fsp3) is 0.667. The Labute approximate surface area is 114 Å². The zero-order valence-electron chi connectivity index (χ0n) is 12.1. The summed E-state index contributed by atoms with van der Waals surface area (Å²) in [6.45, 7) is 6.32. The highest BCUT2D eigenvalue weighted by atomic mass is 16.3. The van der Waals surface area contributed by atoms with Crippen LogP contribution >= 0.6 is 0 Å². The number of aryl methyl sites for hydroxylation is 2. The van der Waals surface area contributed by atoms with E-state index in [2.05, 4.69) is 17.6 Å². The third-order valence-corrected chi connectivity index (χ3v) is 3.83. The van der Waals surface area contributed by atoms with Gasteiger partial charge in [0.25, 0.3) is 0 Å². The third kappa shape index (κ3) is 3.83. The van der Waals surface area contributed by atoms with Crippen molar-refractivity contribution in [3.8, 4) is 0 Å². The molecule has 1 amide bonds. The van der Waals surface area contributed by atoms with Crippen molar-refractivity contribution in [2.45, 2.75) is 58.5 Å². The van der Waals surface area contributed by atoms with Crippen molar-refractivity contribution in [2.75, 3.05) is 6.54 Å². The lowest BCUT2D eigenvalue weighted by Gasteiger charge is -2.15. The molecule has 0 saturated heterocycles. The molecule has 106 valence electrons. The Hall–Kier alpha value is -1.29. The molecular formula is C15H24N2O2. The van der Waals surface area contributed by atoms with Gasteiger partial charge in [0.2, 0.25) is 5.91 Å². The van der Waals surface area contributed by atoms with E-state index >= 15 is 0 Å². The quantitative estimate of drug-likeness (QED) is 0.859. The van der Waals surface area contributed by atoms with Crippen molar-refractivity contribution in [2.24, 2.45) is 0 Å². The highest BCUT2D eigenvalue weighted by Crippen LogP contribution is 2.21. The molecule has 19 heavy (non-hydrogen) atoms. The molecule has 1 atom stereocenters. The molecule has 1 fully saturated rings. The average molecular weight is 264 g/mol. The zero-order valence-corrected chi connectivity index (χ0v) is 12.1. The standard InChI is InChI=1S/C15H24N2O2/c1-10-8-14(12(3)19-10)11(2)16-9-15(18)17-13-6-4-5-7-13/h8,11,13,16H,4-7,9H2,1-3H3,(H,17,18). The molecule has 2 rings (SSSR count). The second-order valence-corrected chi connectivity index (χ2v) is 5.52. The first-order valence-corrected chi connectivity index (χ1v) is 7.16. The van der Waals surface area contributed by atoms with Gasteiger partial charge in [-0.3, -0.25) is 4.79 Å². The highest BCUT2D eigenvalue weighted by Gasteiger charge is 2.18. The topological polar surface area (TPSA) is 54.3 Å². The second kappa shape index (κ2) is 6.24. The average Bonchev–Trinajstić information content (AvgIpc) is 2.96. The molecule has 0 aliphatic heterocycles. The van der Waals surface area contributed by atoms with Gasteiger partial charge in [0.1, 0.15) is 11.5 Å². The van der Waals surface area contributed by atoms with E-state index in [1.54, 1.807) is 0 Å². The van der Waals surface area contributed by atoms with E-state index < -0.39 is 0 Å². The van der Waals surface area contributed by atoms with E-state index in [1.807, 2.05) is 19.9 Å². The molecule has 1 aromatic rings. The lowest BCUT2D eigenvalue weighted by atomic mass is 10.1. The maximum atomic E-state index is 11.8. The predicted octanol–water partition coefficient (Wildman–Crippen LogP) is 2.61. The molecule has 4 nitrogen and oxygen atoms in total. The normalized spacial score (nSPS) is 17.6. The van der Waals surface area contributed by atoms with Gasteiger partial charge < -0.3 is 15.1 Å². The summed E-state index contributed by atoms with van der Waals surface area (Å²) < 4.78 is 5.51. The van der Waals surface area contributed by atoms with Crippen LogP contribution in [0.5, 0.6) is 0 Å². The van der Waals surface area contributed by atoms with Crippen LogP contribution in [-0.2, 0) is 4.79 Å². The summed E-state index contributed by atoms with van der Waals surface area (Å²) >= 11 is 0. The predicted molar refractivity (Wildman–Crippen MR) is 75.0 cm³/mol. The first kappa shape index (κ1) is 14.1. The third-order valence-electron chi connectivity index (χ3n) is 3.83. The van der Waals surface area contributed by atoms with Crippen LogP contribution in [0.15, 0.2) is 10.5 Å². The van der Waals surface area contributed by atoms with E-state index in [9.17, 15) is 4.79 Å². The summed E-state index contributed by atoms with van der Waals surface area (Å²) in [4.78, 5) is 11.8. The van der Waals surface area contributed by atoms with Gasteiger partial charge in [0, 0.05) is 17.6 Å². The molecule has 1 aliphatic rings. The molecule has 1 heterocycles.